The van der Waals surface area contributed by atoms with Gasteiger partial charge in [0.15, 0.2) is 0 Å². The van der Waals surface area contributed by atoms with E-state index in [-0.39, 0.29) is 6.03 Å². The van der Waals surface area contributed by atoms with Crippen LogP contribution in [0.2, 0.25) is 0 Å². The van der Waals surface area contributed by atoms with E-state index in [4.69, 9.17) is 10.4 Å². The molecule has 0 aromatic heterocycles. The average molecular weight is 255 g/mol. The van der Waals surface area contributed by atoms with E-state index in [1.165, 1.54) is 4.90 Å². The Morgan fingerprint density at radius 2 is 2.06 bits per heavy atom. The minimum atomic E-state index is -0.881. The molecule has 0 aliphatic heterocycles. The Morgan fingerprint density at radius 3 is 2.50 bits per heavy atom. The van der Waals surface area contributed by atoms with Gasteiger partial charge in [-0.05, 0) is 27.2 Å². The monoisotopic (exact) mass is 255 g/mol. The third kappa shape index (κ3) is 5.53. The molecular weight excluding hydrogens is 234 g/mol. The van der Waals surface area contributed by atoms with Gasteiger partial charge in [-0.3, -0.25) is 4.79 Å². The Balaban J connectivity index is 4.10. The molecule has 0 rings (SSSR count). The molecule has 0 aliphatic rings. The van der Waals surface area contributed by atoms with Gasteiger partial charge in [-0.25, -0.2) is 4.79 Å². The number of amides is 2. The molecule has 2 N–H and O–H groups in total. The second-order valence-corrected chi connectivity index (χ2v) is 4.66. The Hall–Kier alpha value is -1.77. The lowest BCUT2D eigenvalue weighted by molar-refractivity contribution is -0.147. The standard InChI is InChI=1S/C12H21N3O3/c1-4-15(9-5-7-13)11(18)14-8-6-12(2,3)10(16)17/h4-6,8-9H2,1-3H3,(H,14,18)(H,16,17). The van der Waals surface area contributed by atoms with Crippen LogP contribution < -0.4 is 5.32 Å². The van der Waals surface area contributed by atoms with Crippen LogP contribution in [0.15, 0.2) is 0 Å². The second-order valence-electron chi connectivity index (χ2n) is 4.66. The molecule has 0 radical (unpaired) electrons. The fraction of sp³-hybridized carbons (Fsp3) is 0.750. The molecule has 6 heteroatoms. The smallest absolute Gasteiger partial charge is 0.317 e. The predicted molar refractivity (Wildman–Crippen MR) is 66.9 cm³/mol. The zero-order valence-corrected chi connectivity index (χ0v) is 11.2. The highest BCUT2D eigenvalue weighted by Gasteiger charge is 2.26. The summed E-state index contributed by atoms with van der Waals surface area (Å²) in [4.78, 5) is 24.1. The van der Waals surface area contributed by atoms with Crippen molar-refractivity contribution in [3.63, 3.8) is 0 Å². The van der Waals surface area contributed by atoms with Crippen molar-refractivity contribution in [3.05, 3.63) is 0 Å². The summed E-state index contributed by atoms with van der Waals surface area (Å²) in [7, 11) is 0. The van der Waals surface area contributed by atoms with E-state index in [0.717, 1.165) is 0 Å². The highest BCUT2D eigenvalue weighted by molar-refractivity contribution is 5.75. The maximum absolute atomic E-state index is 11.7. The van der Waals surface area contributed by atoms with E-state index in [9.17, 15) is 9.59 Å². The number of carbonyl (C=O) groups excluding carboxylic acids is 1. The van der Waals surface area contributed by atoms with Gasteiger partial charge < -0.3 is 15.3 Å². The molecule has 0 spiro atoms. The van der Waals surface area contributed by atoms with Crippen molar-refractivity contribution >= 4 is 12.0 Å². The van der Waals surface area contributed by atoms with Gasteiger partial charge in [-0.2, -0.15) is 5.26 Å². The Kier molecular flexibility index (Phi) is 6.79. The largest absolute Gasteiger partial charge is 0.481 e. The lowest BCUT2D eigenvalue weighted by Gasteiger charge is -2.22. The average Bonchev–Trinajstić information content (AvgIpc) is 2.29. The number of urea groups is 1. The zero-order chi connectivity index (χ0) is 14.2. The first kappa shape index (κ1) is 16.2. The summed E-state index contributed by atoms with van der Waals surface area (Å²) in [6.07, 6.45) is 0.658. The van der Waals surface area contributed by atoms with Crippen molar-refractivity contribution in [2.45, 2.75) is 33.6 Å². The Bertz CT molecular complexity index is 334. The van der Waals surface area contributed by atoms with Crippen LogP contribution in [0.4, 0.5) is 4.79 Å². The first-order valence-corrected chi connectivity index (χ1v) is 5.98. The molecule has 0 aromatic carbocycles. The third-order valence-corrected chi connectivity index (χ3v) is 2.77. The van der Waals surface area contributed by atoms with Crippen LogP contribution >= 0.6 is 0 Å². The summed E-state index contributed by atoms with van der Waals surface area (Å²) < 4.78 is 0. The van der Waals surface area contributed by atoms with E-state index >= 15 is 0 Å². The first-order valence-electron chi connectivity index (χ1n) is 5.98. The van der Waals surface area contributed by atoms with Crippen molar-refractivity contribution in [2.75, 3.05) is 19.6 Å². The van der Waals surface area contributed by atoms with Crippen LogP contribution in [0.1, 0.15) is 33.6 Å². The highest BCUT2D eigenvalue weighted by Crippen LogP contribution is 2.19. The number of carbonyl (C=O) groups is 2. The van der Waals surface area contributed by atoms with Gasteiger partial charge >= 0.3 is 12.0 Å². The van der Waals surface area contributed by atoms with Crippen molar-refractivity contribution in [3.8, 4) is 6.07 Å². The van der Waals surface area contributed by atoms with Gasteiger partial charge in [-0.15, -0.1) is 0 Å². The van der Waals surface area contributed by atoms with E-state index in [2.05, 4.69) is 5.32 Å². The van der Waals surface area contributed by atoms with Crippen molar-refractivity contribution < 1.29 is 14.7 Å². The van der Waals surface area contributed by atoms with E-state index in [1.54, 1.807) is 13.8 Å². The van der Waals surface area contributed by atoms with Gasteiger partial charge in [0.2, 0.25) is 0 Å². The number of nitrogens with one attached hydrogen (secondary N) is 1. The third-order valence-electron chi connectivity index (χ3n) is 2.77. The summed E-state index contributed by atoms with van der Waals surface area (Å²) in [5, 5.41) is 20.0. The Morgan fingerprint density at radius 1 is 1.44 bits per heavy atom. The van der Waals surface area contributed by atoms with Crippen molar-refractivity contribution in [1.29, 1.82) is 5.26 Å². The molecule has 102 valence electrons. The van der Waals surface area contributed by atoms with Crippen LogP contribution in [0.3, 0.4) is 0 Å². The summed E-state index contributed by atoms with van der Waals surface area (Å²) in [5.74, 6) is -0.881. The summed E-state index contributed by atoms with van der Waals surface area (Å²) >= 11 is 0. The molecule has 0 atom stereocenters. The molecule has 2 amide bonds. The fourth-order valence-electron chi connectivity index (χ4n) is 1.29. The van der Waals surface area contributed by atoms with Crippen LogP contribution in [-0.4, -0.2) is 41.6 Å². The SMILES string of the molecule is CCN(CCC#N)C(=O)NCCC(C)(C)C(=O)O. The van der Waals surface area contributed by atoms with Crippen LogP contribution in [-0.2, 0) is 4.79 Å². The number of hydrogen-bond donors (Lipinski definition) is 2. The highest BCUT2D eigenvalue weighted by atomic mass is 16.4. The van der Waals surface area contributed by atoms with Gasteiger partial charge in [-0.1, -0.05) is 0 Å². The number of nitrogens with zero attached hydrogens (tertiary/aromatic N) is 2. The van der Waals surface area contributed by atoms with Gasteiger partial charge in [0.25, 0.3) is 0 Å². The van der Waals surface area contributed by atoms with Crippen LogP contribution in [0.5, 0.6) is 0 Å². The number of rotatable bonds is 7. The van der Waals surface area contributed by atoms with E-state index in [0.29, 0.717) is 32.5 Å². The fourth-order valence-corrected chi connectivity index (χ4v) is 1.29. The quantitative estimate of drug-likeness (QED) is 0.719. The maximum atomic E-state index is 11.7. The molecule has 6 nitrogen and oxygen atoms in total. The van der Waals surface area contributed by atoms with Gasteiger partial charge in [0.05, 0.1) is 17.9 Å². The molecule has 0 unspecified atom stereocenters. The minimum Gasteiger partial charge on any atom is -0.481 e. The number of carboxylic acids is 1. The number of nitriles is 1. The lowest BCUT2D eigenvalue weighted by atomic mass is 9.90. The topological polar surface area (TPSA) is 93.4 Å². The van der Waals surface area contributed by atoms with Gasteiger partial charge in [0, 0.05) is 19.6 Å². The Labute approximate surface area is 108 Å². The summed E-state index contributed by atoms with van der Waals surface area (Å²) in [5.41, 5.74) is -0.850. The number of aliphatic carboxylic acids is 1. The molecule has 0 aliphatic carbocycles. The molecule has 0 aromatic rings. The van der Waals surface area contributed by atoms with Gasteiger partial charge in [0.1, 0.15) is 0 Å². The predicted octanol–water partition coefficient (Wildman–Crippen LogP) is 1.43. The van der Waals surface area contributed by atoms with Crippen molar-refractivity contribution in [2.24, 2.45) is 5.41 Å². The minimum absolute atomic E-state index is 0.256. The maximum Gasteiger partial charge on any atom is 0.317 e. The molecular formula is C12H21N3O3. The van der Waals surface area contributed by atoms with Crippen molar-refractivity contribution in [1.82, 2.24) is 10.2 Å². The number of carboxylic acid groups (broad SMARTS) is 1. The first-order chi connectivity index (χ1) is 8.35. The van der Waals surface area contributed by atoms with Crippen LogP contribution in [0, 0.1) is 16.7 Å². The summed E-state index contributed by atoms with van der Waals surface area (Å²) in [6.45, 7) is 6.29. The molecule has 18 heavy (non-hydrogen) atoms. The molecule has 0 saturated carbocycles. The zero-order valence-electron chi connectivity index (χ0n) is 11.2. The summed E-state index contributed by atoms with van der Waals surface area (Å²) in [6, 6.07) is 1.73. The lowest BCUT2D eigenvalue weighted by Crippen LogP contribution is -2.42. The normalized spacial score (nSPS) is 10.6. The second kappa shape index (κ2) is 7.54. The van der Waals surface area contributed by atoms with Crippen LogP contribution in [0.25, 0.3) is 0 Å². The number of hydrogen-bond acceptors (Lipinski definition) is 3. The molecule has 0 fully saturated rings. The molecule has 0 heterocycles. The van der Waals surface area contributed by atoms with E-state index in [1.807, 2.05) is 13.0 Å². The van der Waals surface area contributed by atoms with E-state index < -0.39 is 11.4 Å². The molecule has 0 saturated heterocycles. The molecule has 0 bridgehead atoms.